The summed E-state index contributed by atoms with van der Waals surface area (Å²) in [4.78, 5) is 4.71. The number of nitrogens with zero attached hydrogens (tertiary/aromatic N) is 2. The summed E-state index contributed by atoms with van der Waals surface area (Å²) in [7, 11) is 0. The van der Waals surface area contributed by atoms with E-state index in [9.17, 15) is 0 Å². The van der Waals surface area contributed by atoms with Crippen molar-refractivity contribution in [2.75, 3.05) is 13.1 Å². The molecule has 4 heteroatoms. The molecular formula is C13H17N3S. The molecule has 2 saturated heterocycles. The fourth-order valence-electron chi connectivity index (χ4n) is 3.09. The fourth-order valence-corrected chi connectivity index (χ4v) is 3.84. The Labute approximate surface area is 106 Å². The van der Waals surface area contributed by atoms with E-state index < -0.39 is 0 Å². The lowest BCUT2D eigenvalue weighted by atomic mass is 10.1. The van der Waals surface area contributed by atoms with Gasteiger partial charge < -0.3 is 5.32 Å². The molecule has 1 aromatic heterocycles. The zero-order chi connectivity index (χ0) is 11.7. The molecule has 2 unspecified atom stereocenters. The van der Waals surface area contributed by atoms with Crippen LogP contribution < -0.4 is 5.32 Å². The van der Waals surface area contributed by atoms with Gasteiger partial charge in [-0.25, -0.2) is 0 Å². The van der Waals surface area contributed by atoms with E-state index in [1.54, 1.807) is 11.3 Å². The largest absolute Gasteiger partial charge is 0.307 e. The van der Waals surface area contributed by atoms with Gasteiger partial charge in [0.05, 0.1) is 0 Å². The van der Waals surface area contributed by atoms with Crippen molar-refractivity contribution in [3.8, 4) is 6.07 Å². The maximum Gasteiger partial charge on any atom is 0.110 e. The van der Waals surface area contributed by atoms with E-state index in [4.69, 9.17) is 5.26 Å². The molecule has 0 saturated carbocycles. The summed E-state index contributed by atoms with van der Waals surface area (Å²) < 4.78 is 0. The fraction of sp³-hybridized carbons (Fsp3) is 0.615. The predicted molar refractivity (Wildman–Crippen MR) is 68.9 cm³/mol. The summed E-state index contributed by atoms with van der Waals surface area (Å²) in [6, 6.07) is 7.60. The average molecular weight is 247 g/mol. The molecule has 1 N–H and O–H groups in total. The highest BCUT2D eigenvalue weighted by Crippen LogP contribution is 2.28. The molecule has 0 bridgehead atoms. The van der Waals surface area contributed by atoms with Gasteiger partial charge in [-0.05, 0) is 37.9 Å². The molecule has 3 heterocycles. The second-order valence-electron chi connectivity index (χ2n) is 4.90. The highest BCUT2D eigenvalue weighted by molar-refractivity contribution is 7.12. The maximum absolute atomic E-state index is 8.79. The first kappa shape index (κ1) is 11.2. The number of hydrogen-bond acceptors (Lipinski definition) is 4. The Balaban J connectivity index is 1.56. The van der Waals surface area contributed by atoms with Gasteiger partial charge in [0.25, 0.3) is 0 Å². The molecule has 2 aliphatic heterocycles. The second-order valence-corrected chi connectivity index (χ2v) is 6.07. The van der Waals surface area contributed by atoms with E-state index in [1.807, 2.05) is 6.07 Å². The molecule has 1 aromatic rings. The van der Waals surface area contributed by atoms with Crippen LogP contribution >= 0.6 is 11.3 Å². The van der Waals surface area contributed by atoms with Crippen LogP contribution in [0.1, 0.15) is 29.0 Å². The van der Waals surface area contributed by atoms with Crippen LogP contribution in [0.15, 0.2) is 12.1 Å². The van der Waals surface area contributed by atoms with E-state index in [-0.39, 0.29) is 0 Å². The number of hydrogen-bond donors (Lipinski definition) is 1. The Bertz CT molecular complexity index is 434. The minimum atomic E-state index is 0.658. The van der Waals surface area contributed by atoms with Gasteiger partial charge in [-0.2, -0.15) is 5.26 Å². The number of thiophene rings is 1. The van der Waals surface area contributed by atoms with Crippen LogP contribution in [0, 0.1) is 11.3 Å². The lowest BCUT2D eigenvalue weighted by Crippen LogP contribution is -2.38. The zero-order valence-corrected chi connectivity index (χ0v) is 10.7. The van der Waals surface area contributed by atoms with Crippen molar-refractivity contribution < 1.29 is 0 Å². The van der Waals surface area contributed by atoms with Crippen molar-refractivity contribution in [2.24, 2.45) is 0 Å². The Morgan fingerprint density at radius 2 is 2.35 bits per heavy atom. The normalized spacial score (nSPS) is 28.2. The summed E-state index contributed by atoms with van der Waals surface area (Å²) in [6.07, 6.45) is 3.99. The summed E-state index contributed by atoms with van der Waals surface area (Å²) in [5.41, 5.74) is 0. The van der Waals surface area contributed by atoms with Crippen molar-refractivity contribution in [3.63, 3.8) is 0 Å². The van der Waals surface area contributed by atoms with Crippen LogP contribution in [0.3, 0.4) is 0 Å². The molecule has 0 aliphatic carbocycles. The van der Waals surface area contributed by atoms with Crippen LogP contribution in [0.4, 0.5) is 0 Å². The van der Waals surface area contributed by atoms with E-state index in [0.717, 1.165) is 17.5 Å². The second kappa shape index (κ2) is 4.77. The average Bonchev–Trinajstić information content (AvgIpc) is 3.03. The smallest absolute Gasteiger partial charge is 0.110 e. The number of rotatable bonds is 3. The summed E-state index contributed by atoms with van der Waals surface area (Å²) >= 11 is 1.60. The van der Waals surface area contributed by atoms with Crippen molar-refractivity contribution in [2.45, 2.75) is 37.9 Å². The quantitative estimate of drug-likeness (QED) is 0.887. The van der Waals surface area contributed by atoms with Crippen LogP contribution in [0.5, 0.6) is 0 Å². The highest BCUT2D eigenvalue weighted by atomic mass is 32.1. The molecular weight excluding hydrogens is 230 g/mol. The van der Waals surface area contributed by atoms with Crippen molar-refractivity contribution in [3.05, 3.63) is 21.9 Å². The Morgan fingerprint density at radius 1 is 1.41 bits per heavy atom. The minimum Gasteiger partial charge on any atom is -0.307 e. The van der Waals surface area contributed by atoms with Crippen molar-refractivity contribution in [1.29, 1.82) is 5.26 Å². The molecule has 3 rings (SSSR count). The lowest BCUT2D eigenvalue weighted by Gasteiger charge is -2.20. The Morgan fingerprint density at radius 3 is 3.18 bits per heavy atom. The Hall–Kier alpha value is -0.890. The third kappa shape index (κ3) is 2.23. The van der Waals surface area contributed by atoms with Crippen LogP contribution in [-0.2, 0) is 6.54 Å². The molecule has 2 aliphatic rings. The molecule has 90 valence electrons. The van der Waals surface area contributed by atoms with Gasteiger partial charge in [-0.3, -0.25) is 4.90 Å². The van der Waals surface area contributed by atoms with Crippen molar-refractivity contribution in [1.82, 2.24) is 10.2 Å². The van der Waals surface area contributed by atoms with Gasteiger partial charge >= 0.3 is 0 Å². The first-order valence-corrected chi connectivity index (χ1v) is 7.15. The number of nitrogens with one attached hydrogen (secondary N) is 1. The molecule has 17 heavy (non-hydrogen) atoms. The monoisotopic (exact) mass is 247 g/mol. The molecule has 0 aromatic carbocycles. The standard InChI is InChI=1S/C13H17N3S/c14-8-10-3-4-11(17-10)9-15-12-5-7-16-6-1-2-13(12)16/h3-4,12-13,15H,1-2,5-7,9H2. The first-order chi connectivity index (χ1) is 8.36. The van der Waals surface area contributed by atoms with Gasteiger partial charge in [-0.1, -0.05) is 0 Å². The number of nitriles is 1. The molecule has 2 fully saturated rings. The van der Waals surface area contributed by atoms with E-state index in [2.05, 4.69) is 22.4 Å². The van der Waals surface area contributed by atoms with E-state index >= 15 is 0 Å². The third-order valence-electron chi connectivity index (χ3n) is 3.92. The SMILES string of the molecule is N#Cc1ccc(CNC2CCN3CCCC23)s1. The predicted octanol–water partition coefficient (Wildman–Crippen LogP) is 1.95. The molecule has 0 amide bonds. The van der Waals surface area contributed by atoms with Gasteiger partial charge in [0, 0.05) is 30.1 Å². The van der Waals surface area contributed by atoms with Gasteiger partial charge in [0.2, 0.25) is 0 Å². The topological polar surface area (TPSA) is 39.1 Å². The maximum atomic E-state index is 8.79. The Kier molecular flexibility index (Phi) is 3.15. The summed E-state index contributed by atoms with van der Waals surface area (Å²) in [5.74, 6) is 0. The first-order valence-electron chi connectivity index (χ1n) is 6.33. The number of fused-ring (bicyclic) bond motifs is 1. The lowest BCUT2D eigenvalue weighted by molar-refractivity contribution is 0.299. The summed E-state index contributed by atoms with van der Waals surface area (Å²) in [6.45, 7) is 3.47. The third-order valence-corrected chi connectivity index (χ3v) is 4.91. The van der Waals surface area contributed by atoms with Crippen LogP contribution in [-0.4, -0.2) is 30.1 Å². The van der Waals surface area contributed by atoms with Gasteiger partial charge in [0.1, 0.15) is 10.9 Å². The van der Waals surface area contributed by atoms with Crippen LogP contribution in [0.25, 0.3) is 0 Å². The molecule has 2 atom stereocenters. The molecule has 0 radical (unpaired) electrons. The zero-order valence-electron chi connectivity index (χ0n) is 9.85. The van der Waals surface area contributed by atoms with Gasteiger partial charge in [-0.15, -0.1) is 11.3 Å². The molecule has 0 spiro atoms. The van der Waals surface area contributed by atoms with E-state index in [0.29, 0.717) is 6.04 Å². The van der Waals surface area contributed by atoms with Gasteiger partial charge in [0.15, 0.2) is 0 Å². The minimum absolute atomic E-state index is 0.658. The molecule has 3 nitrogen and oxygen atoms in total. The van der Waals surface area contributed by atoms with E-state index in [1.165, 1.54) is 37.2 Å². The van der Waals surface area contributed by atoms with Crippen molar-refractivity contribution >= 4 is 11.3 Å². The highest BCUT2D eigenvalue weighted by Gasteiger charge is 2.36. The summed E-state index contributed by atoms with van der Waals surface area (Å²) in [5, 5.41) is 12.5. The van der Waals surface area contributed by atoms with Crippen LogP contribution in [0.2, 0.25) is 0 Å².